The van der Waals surface area contributed by atoms with Crippen LogP contribution in [0, 0.1) is 0 Å². The molecule has 2 aliphatic carbocycles. The van der Waals surface area contributed by atoms with Crippen molar-refractivity contribution in [2.45, 2.75) is 37.4 Å². The average molecular weight is 259 g/mol. The van der Waals surface area contributed by atoms with Crippen LogP contribution in [-0.2, 0) is 0 Å². The highest BCUT2D eigenvalue weighted by molar-refractivity contribution is 5.79. The maximum atomic E-state index is 12.2. The van der Waals surface area contributed by atoms with E-state index in [1.807, 2.05) is 23.1 Å². The van der Waals surface area contributed by atoms with E-state index >= 15 is 0 Å². The minimum atomic E-state index is -0.0706. The van der Waals surface area contributed by atoms with E-state index in [2.05, 4.69) is 27.8 Å². The van der Waals surface area contributed by atoms with E-state index in [1.165, 1.54) is 0 Å². The average Bonchev–Trinajstić information content (AvgIpc) is 2.76. The van der Waals surface area contributed by atoms with Crippen LogP contribution >= 0.6 is 0 Å². The summed E-state index contributed by atoms with van der Waals surface area (Å²) in [6.07, 6.45) is 12.6. The lowest BCUT2D eigenvalue weighted by atomic mass is 9.94. The largest absolute Gasteiger partial charge is 0.333 e. The van der Waals surface area contributed by atoms with Crippen LogP contribution in [-0.4, -0.2) is 29.1 Å². The van der Waals surface area contributed by atoms with Crippen LogP contribution in [0.25, 0.3) is 0 Å². The lowest BCUT2D eigenvalue weighted by Crippen LogP contribution is -2.45. The molecule has 0 aromatic rings. The number of nitrogens with zero attached hydrogens (tertiary/aromatic N) is 3. The number of carbonyl (C=O) groups is 1. The maximum Gasteiger partial charge on any atom is 0.318 e. The fraction of sp³-hybridized carbons (Fsp3) is 0.462. The van der Waals surface area contributed by atoms with Crippen LogP contribution in [0.3, 0.4) is 0 Å². The predicted molar refractivity (Wildman–Crippen MR) is 71.0 cm³/mol. The summed E-state index contributed by atoms with van der Waals surface area (Å²) in [4.78, 5) is 14.1. The summed E-state index contributed by atoms with van der Waals surface area (Å²) in [5, 5.41) is 10.4. The van der Waals surface area contributed by atoms with Crippen molar-refractivity contribution in [3.63, 3.8) is 0 Å². The highest BCUT2D eigenvalue weighted by Gasteiger charge is 2.43. The van der Waals surface area contributed by atoms with Crippen LogP contribution < -0.4 is 11.2 Å². The van der Waals surface area contributed by atoms with E-state index in [0.717, 1.165) is 25.0 Å². The molecule has 1 heterocycles. The van der Waals surface area contributed by atoms with Gasteiger partial charge in [-0.2, -0.15) is 0 Å². The number of fused-ring (bicyclic) bond motifs is 1. The summed E-state index contributed by atoms with van der Waals surface area (Å²) in [5.41, 5.74) is 0.746. The van der Waals surface area contributed by atoms with Crippen LogP contribution in [0.4, 0.5) is 4.79 Å². The molecule has 0 radical (unpaired) electrons. The minimum absolute atomic E-state index is 0.0166. The molecule has 3 atom stereocenters. The van der Waals surface area contributed by atoms with Crippen LogP contribution in [0.5, 0.6) is 0 Å². The van der Waals surface area contributed by atoms with Gasteiger partial charge < -0.3 is 16.1 Å². The summed E-state index contributed by atoms with van der Waals surface area (Å²) >= 11 is 0. The first-order valence-electron chi connectivity index (χ1n) is 6.52. The van der Waals surface area contributed by atoms with Crippen molar-refractivity contribution in [1.29, 1.82) is 0 Å². The van der Waals surface area contributed by atoms with Crippen molar-refractivity contribution in [1.82, 2.24) is 10.2 Å². The van der Waals surface area contributed by atoms with Gasteiger partial charge in [-0.15, -0.1) is 5.11 Å². The Morgan fingerprint density at radius 1 is 1.26 bits per heavy atom. The Morgan fingerprint density at radius 3 is 2.95 bits per heavy atom. The fourth-order valence-corrected chi connectivity index (χ4v) is 3.05. The molecule has 0 aromatic carbocycles. The number of allylic oxidation sites excluding steroid dienone is 2. The van der Waals surface area contributed by atoms with Gasteiger partial charge in [0.1, 0.15) is 0 Å². The first kappa shape index (κ1) is 12.0. The van der Waals surface area contributed by atoms with Gasteiger partial charge in [0.25, 0.3) is 0 Å². The Hall–Kier alpha value is -2.11. The quantitative estimate of drug-likeness (QED) is 0.342. The topological polar surface area (TPSA) is 83.1 Å². The monoisotopic (exact) mass is 259 g/mol. The number of hydrogen-bond acceptors (Lipinski definition) is 3. The molecule has 1 fully saturated rings. The van der Waals surface area contributed by atoms with E-state index in [1.54, 1.807) is 0 Å². The van der Waals surface area contributed by atoms with E-state index in [4.69, 9.17) is 5.84 Å². The van der Waals surface area contributed by atoms with Crippen molar-refractivity contribution in [2.75, 3.05) is 0 Å². The molecule has 0 aromatic heterocycles. The third kappa shape index (κ3) is 2.03. The highest BCUT2D eigenvalue weighted by atomic mass is 16.2. The zero-order valence-corrected chi connectivity index (χ0v) is 10.6. The zero-order chi connectivity index (χ0) is 13.2. The number of urea groups is 1. The Kier molecular flexibility index (Phi) is 3.06. The lowest BCUT2D eigenvalue weighted by molar-refractivity contribution is 0.180. The molecule has 1 saturated heterocycles. The van der Waals surface area contributed by atoms with Gasteiger partial charge in [0.15, 0.2) is 0 Å². The summed E-state index contributed by atoms with van der Waals surface area (Å²) in [7, 11) is 0. The Morgan fingerprint density at radius 2 is 2.11 bits per heavy atom. The molecule has 0 saturated carbocycles. The van der Waals surface area contributed by atoms with E-state index < -0.39 is 0 Å². The summed E-state index contributed by atoms with van der Waals surface area (Å²) < 4.78 is 0. The van der Waals surface area contributed by atoms with Gasteiger partial charge >= 0.3 is 6.03 Å². The van der Waals surface area contributed by atoms with Crippen molar-refractivity contribution in [3.05, 3.63) is 36.1 Å². The van der Waals surface area contributed by atoms with Crippen LogP contribution in [0.15, 0.2) is 46.4 Å². The second kappa shape index (κ2) is 4.87. The SMILES string of the molecule is NN=NC1=CC=CCC1N1C(=O)NC2CC=CCC21. The fourth-order valence-electron chi connectivity index (χ4n) is 3.05. The van der Waals surface area contributed by atoms with Crippen molar-refractivity contribution in [3.8, 4) is 0 Å². The van der Waals surface area contributed by atoms with Crippen molar-refractivity contribution >= 4 is 6.03 Å². The normalized spacial score (nSPS) is 33.5. The summed E-state index contributed by atoms with van der Waals surface area (Å²) in [6, 6.07) is 0.320. The number of nitrogens with two attached hydrogens (primary N) is 1. The third-order valence-electron chi connectivity index (χ3n) is 3.91. The highest BCUT2D eigenvalue weighted by Crippen LogP contribution is 2.31. The number of amides is 2. The van der Waals surface area contributed by atoms with Crippen LogP contribution in [0.2, 0.25) is 0 Å². The summed E-state index contributed by atoms with van der Waals surface area (Å²) in [5.74, 6) is 5.15. The molecular weight excluding hydrogens is 242 g/mol. The first-order chi connectivity index (χ1) is 9.31. The smallest absolute Gasteiger partial charge is 0.318 e. The summed E-state index contributed by atoms with van der Waals surface area (Å²) in [6.45, 7) is 0. The van der Waals surface area contributed by atoms with E-state index in [-0.39, 0.29) is 24.2 Å². The van der Waals surface area contributed by atoms with E-state index in [9.17, 15) is 4.79 Å². The molecule has 19 heavy (non-hydrogen) atoms. The van der Waals surface area contributed by atoms with Crippen molar-refractivity contribution < 1.29 is 4.79 Å². The number of rotatable bonds is 2. The number of nitrogens with one attached hydrogen (secondary N) is 1. The molecule has 3 N–H and O–H groups in total. The molecular formula is C13H17N5O. The minimum Gasteiger partial charge on any atom is -0.333 e. The number of carbonyl (C=O) groups excluding carboxylic acids is 1. The molecule has 0 spiro atoms. The second-order valence-corrected chi connectivity index (χ2v) is 4.96. The van der Waals surface area contributed by atoms with Gasteiger partial charge in [-0.1, -0.05) is 29.5 Å². The molecule has 6 nitrogen and oxygen atoms in total. The van der Waals surface area contributed by atoms with Gasteiger partial charge in [-0.25, -0.2) is 4.79 Å². The Labute approximate surface area is 111 Å². The predicted octanol–water partition coefficient (Wildman–Crippen LogP) is 1.64. The molecule has 0 bridgehead atoms. The van der Waals surface area contributed by atoms with E-state index in [0.29, 0.717) is 0 Å². The lowest BCUT2D eigenvalue weighted by Gasteiger charge is -2.34. The zero-order valence-electron chi connectivity index (χ0n) is 10.6. The van der Waals surface area contributed by atoms with Gasteiger partial charge in [0.2, 0.25) is 0 Å². The Balaban J connectivity index is 1.88. The van der Waals surface area contributed by atoms with Gasteiger partial charge in [-0.3, -0.25) is 0 Å². The molecule has 100 valence electrons. The van der Waals surface area contributed by atoms with Crippen LogP contribution in [0.1, 0.15) is 19.3 Å². The second-order valence-electron chi connectivity index (χ2n) is 4.96. The molecule has 3 unspecified atom stereocenters. The molecule has 3 rings (SSSR count). The third-order valence-corrected chi connectivity index (χ3v) is 3.91. The first-order valence-corrected chi connectivity index (χ1v) is 6.52. The van der Waals surface area contributed by atoms with Gasteiger partial charge in [-0.05, 0) is 25.3 Å². The van der Waals surface area contributed by atoms with Gasteiger partial charge in [0.05, 0.1) is 23.8 Å². The number of hydrogen-bond donors (Lipinski definition) is 2. The van der Waals surface area contributed by atoms with Gasteiger partial charge in [0, 0.05) is 0 Å². The molecule has 2 amide bonds. The maximum absolute atomic E-state index is 12.2. The Bertz CT molecular complexity index is 493. The molecule has 3 aliphatic rings. The molecule has 1 aliphatic heterocycles. The standard InChI is InChI=1S/C13H17N5O/c14-17-16-10-6-2-4-8-12(10)18-11-7-3-1-5-9(11)15-13(18)19/h1-4,6,9,11-12H,5,7-8H2,(H2,14,16)(H,15,19). The van der Waals surface area contributed by atoms with Crippen molar-refractivity contribution in [2.24, 2.45) is 16.2 Å². The molecule has 6 heteroatoms.